The van der Waals surface area contributed by atoms with E-state index in [1.165, 1.54) is 5.57 Å². The summed E-state index contributed by atoms with van der Waals surface area (Å²) < 4.78 is 0. The van der Waals surface area contributed by atoms with Crippen LogP contribution in [0.3, 0.4) is 0 Å². The van der Waals surface area contributed by atoms with E-state index in [0.717, 1.165) is 25.1 Å². The first-order chi connectivity index (χ1) is 11.2. The fraction of sp³-hybridized carbons (Fsp3) is 0.444. The van der Waals surface area contributed by atoms with Gasteiger partial charge in [0.15, 0.2) is 0 Å². The summed E-state index contributed by atoms with van der Waals surface area (Å²) in [4.78, 5) is 26.2. The van der Waals surface area contributed by atoms with Crippen molar-refractivity contribution in [1.29, 1.82) is 0 Å². The topological polar surface area (TPSA) is 61.4 Å². The first-order valence-electron chi connectivity index (χ1n) is 8.20. The fourth-order valence-electron chi connectivity index (χ4n) is 3.08. The molecule has 0 spiro atoms. The lowest BCUT2D eigenvalue weighted by Gasteiger charge is -2.18. The molecule has 0 bridgehead atoms. The molecule has 0 saturated carbocycles. The van der Waals surface area contributed by atoms with E-state index < -0.39 is 0 Å². The number of hydrogen-bond donors (Lipinski definition) is 2. The van der Waals surface area contributed by atoms with Crippen LogP contribution >= 0.6 is 12.4 Å². The Balaban J connectivity index is 0.00000208. The minimum Gasteiger partial charge on any atom is -0.352 e. The van der Waals surface area contributed by atoms with Crippen LogP contribution in [0.1, 0.15) is 18.4 Å². The molecule has 2 aliphatic rings. The molecule has 1 atom stereocenters. The highest BCUT2D eigenvalue weighted by molar-refractivity contribution is 5.89. The van der Waals surface area contributed by atoms with Gasteiger partial charge in [0.05, 0.1) is 5.92 Å². The fourth-order valence-corrected chi connectivity index (χ4v) is 3.08. The molecule has 1 fully saturated rings. The summed E-state index contributed by atoms with van der Waals surface area (Å²) in [5.74, 6) is -0.169. The van der Waals surface area contributed by atoms with Crippen molar-refractivity contribution in [2.45, 2.75) is 19.4 Å². The average Bonchev–Trinajstić information content (AvgIpc) is 2.95. The number of rotatable bonds is 5. The lowest BCUT2D eigenvalue weighted by atomic mass is 10.1. The quantitative estimate of drug-likeness (QED) is 0.792. The molecule has 130 valence electrons. The molecule has 1 aromatic rings. The van der Waals surface area contributed by atoms with E-state index in [1.807, 2.05) is 30.3 Å². The smallest absolute Gasteiger partial charge is 0.225 e. The Hall–Kier alpha value is -1.85. The van der Waals surface area contributed by atoms with Crippen LogP contribution in [0.25, 0.3) is 0 Å². The molecule has 2 amide bonds. The predicted octanol–water partition coefficient (Wildman–Crippen LogP) is 1.49. The van der Waals surface area contributed by atoms with Crippen molar-refractivity contribution in [2.75, 3.05) is 26.2 Å². The maximum Gasteiger partial charge on any atom is 0.225 e. The number of likely N-dealkylation sites (tertiary alicyclic amines) is 1. The third-order valence-electron chi connectivity index (χ3n) is 4.45. The number of nitrogens with one attached hydrogen (secondary N) is 2. The number of carbonyl (C=O) groups is 2. The summed E-state index contributed by atoms with van der Waals surface area (Å²) in [7, 11) is 0. The normalized spacial score (nSPS) is 20.3. The number of halogens is 1. The van der Waals surface area contributed by atoms with Crippen molar-refractivity contribution in [3.8, 4) is 0 Å². The van der Waals surface area contributed by atoms with Gasteiger partial charge in [-0.25, -0.2) is 0 Å². The van der Waals surface area contributed by atoms with Crippen LogP contribution in [0.4, 0.5) is 0 Å². The summed E-state index contributed by atoms with van der Waals surface area (Å²) >= 11 is 0. The molecule has 5 nitrogen and oxygen atoms in total. The van der Waals surface area contributed by atoms with E-state index in [9.17, 15) is 9.59 Å². The van der Waals surface area contributed by atoms with Crippen LogP contribution in [0.2, 0.25) is 0 Å². The molecular formula is C18H24ClN3O2. The van der Waals surface area contributed by atoms with Gasteiger partial charge in [0, 0.05) is 32.6 Å². The first-order valence-corrected chi connectivity index (χ1v) is 8.20. The lowest BCUT2D eigenvalue weighted by Crippen LogP contribution is -2.35. The van der Waals surface area contributed by atoms with Crippen LogP contribution in [-0.2, 0) is 16.1 Å². The van der Waals surface area contributed by atoms with E-state index in [1.54, 1.807) is 4.90 Å². The summed E-state index contributed by atoms with van der Waals surface area (Å²) in [6.07, 6.45) is 3.43. The summed E-state index contributed by atoms with van der Waals surface area (Å²) in [5.41, 5.74) is 2.37. The van der Waals surface area contributed by atoms with Gasteiger partial charge in [0.25, 0.3) is 0 Å². The van der Waals surface area contributed by atoms with Crippen molar-refractivity contribution in [1.82, 2.24) is 15.5 Å². The second-order valence-electron chi connectivity index (χ2n) is 6.20. The van der Waals surface area contributed by atoms with Crippen LogP contribution in [-0.4, -0.2) is 42.9 Å². The van der Waals surface area contributed by atoms with Crippen molar-refractivity contribution < 1.29 is 9.59 Å². The van der Waals surface area contributed by atoms with Gasteiger partial charge >= 0.3 is 0 Å². The van der Waals surface area contributed by atoms with Gasteiger partial charge in [0.1, 0.15) is 0 Å². The minimum atomic E-state index is -0.228. The number of benzene rings is 1. The Morgan fingerprint density at radius 2 is 2.08 bits per heavy atom. The largest absolute Gasteiger partial charge is 0.352 e. The van der Waals surface area contributed by atoms with Crippen molar-refractivity contribution in [3.05, 3.63) is 47.5 Å². The van der Waals surface area contributed by atoms with Gasteiger partial charge in [-0.3, -0.25) is 9.59 Å². The number of carbonyl (C=O) groups excluding carboxylic acids is 2. The van der Waals surface area contributed by atoms with E-state index in [2.05, 4.69) is 16.7 Å². The van der Waals surface area contributed by atoms with Crippen molar-refractivity contribution in [3.63, 3.8) is 0 Å². The molecule has 1 saturated heterocycles. The maximum atomic E-state index is 12.3. The molecule has 2 N–H and O–H groups in total. The Kier molecular flexibility index (Phi) is 6.82. The van der Waals surface area contributed by atoms with E-state index >= 15 is 0 Å². The van der Waals surface area contributed by atoms with Gasteiger partial charge in [-0.1, -0.05) is 42.0 Å². The minimum absolute atomic E-state index is 0. The van der Waals surface area contributed by atoms with Crippen molar-refractivity contribution >= 4 is 24.2 Å². The maximum absolute atomic E-state index is 12.3. The predicted molar refractivity (Wildman–Crippen MR) is 95.8 cm³/mol. The van der Waals surface area contributed by atoms with Crippen LogP contribution in [0.15, 0.2) is 42.0 Å². The van der Waals surface area contributed by atoms with Gasteiger partial charge < -0.3 is 15.5 Å². The van der Waals surface area contributed by atoms with Gasteiger partial charge in [-0.05, 0) is 18.5 Å². The zero-order chi connectivity index (χ0) is 16.1. The molecule has 2 aliphatic heterocycles. The van der Waals surface area contributed by atoms with Crippen LogP contribution in [0.5, 0.6) is 0 Å². The standard InChI is InChI=1S/C18H23N3O2.ClH/c22-17-10-16(13-21(17)12-15-4-2-1-3-5-15)18(23)20-11-14-6-8-19-9-7-14;/h1-6,16,19H,7-13H2,(H,20,23);1H. The van der Waals surface area contributed by atoms with Crippen LogP contribution in [0, 0.1) is 5.92 Å². The molecule has 0 radical (unpaired) electrons. The van der Waals surface area contributed by atoms with Gasteiger partial charge in [-0.2, -0.15) is 0 Å². The summed E-state index contributed by atoms with van der Waals surface area (Å²) in [5, 5.41) is 6.24. The molecule has 0 aromatic heterocycles. The van der Waals surface area contributed by atoms with Crippen LogP contribution < -0.4 is 10.6 Å². The SMILES string of the molecule is Cl.O=C(NCC1=CCNCC1)C1CC(=O)N(Cc2ccccc2)C1. The summed E-state index contributed by atoms with van der Waals surface area (Å²) in [6, 6.07) is 9.90. The monoisotopic (exact) mass is 349 g/mol. The average molecular weight is 350 g/mol. The second-order valence-corrected chi connectivity index (χ2v) is 6.20. The number of hydrogen-bond acceptors (Lipinski definition) is 3. The highest BCUT2D eigenvalue weighted by Crippen LogP contribution is 2.20. The zero-order valence-corrected chi connectivity index (χ0v) is 14.5. The Labute approximate surface area is 148 Å². The van der Waals surface area contributed by atoms with Gasteiger partial charge in [0.2, 0.25) is 11.8 Å². The van der Waals surface area contributed by atoms with E-state index in [0.29, 0.717) is 26.1 Å². The van der Waals surface area contributed by atoms with E-state index in [-0.39, 0.29) is 30.1 Å². The molecular weight excluding hydrogens is 326 g/mol. The number of amides is 2. The third kappa shape index (κ3) is 4.82. The third-order valence-corrected chi connectivity index (χ3v) is 4.45. The highest BCUT2D eigenvalue weighted by Gasteiger charge is 2.34. The number of nitrogens with zero attached hydrogens (tertiary/aromatic N) is 1. The Bertz CT molecular complexity index is 604. The molecule has 0 aliphatic carbocycles. The molecule has 1 unspecified atom stereocenters. The zero-order valence-electron chi connectivity index (χ0n) is 13.7. The molecule has 3 rings (SSSR count). The Morgan fingerprint density at radius 1 is 1.29 bits per heavy atom. The second kappa shape index (κ2) is 8.85. The molecule has 2 heterocycles. The molecule has 1 aromatic carbocycles. The first kappa shape index (κ1) is 18.5. The van der Waals surface area contributed by atoms with Crippen molar-refractivity contribution in [2.24, 2.45) is 5.92 Å². The summed E-state index contributed by atoms with van der Waals surface area (Å²) in [6.45, 7) is 3.54. The molecule has 24 heavy (non-hydrogen) atoms. The lowest BCUT2D eigenvalue weighted by molar-refractivity contribution is -0.129. The Morgan fingerprint density at radius 3 is 2.79 bits per heavy atom. The van der Waals surface area contributed by atoms with E-state index in [4.69, 9.17) is 0 Å². The van der Waals surface area contributed by atoms with Gasteiger partial charge in [-0.15, -0.1) is 12.4 Å². The highest BCUT2D eigenvalue weighted by atomic mass is 35.5. The molecule has 6 heteroatoms.